The lowest BCUT2D eigenvalue weighted by Gasteiger charge is -2.07. The van der Waals surface area contributed by atoms with Crippen molar-refractivity contribution < 1.29 is 0 Å². The van der Waals surface area contributed by atoms with Gasteiger partial charge in [-0.15, -0.1) is 11.3 Å². The zero-order valence-electron chi connectivity index (χ0n) is 9.77. The van der Waals surface area contributed by atoms with Crippen LogP contribution in [-0.4, -0.2) is 4.98 Å². The average molecular weight is 319 g/mol. The van der Waals surface area contributed by atoms with Crippen LogP contribution in [-0.2, 0) is 0 Å². The van der Waals surface area contributed by atoms with Crippen LogP contribution in [0.3, 0.4) is 0 Å². The molecule has 0 amide bonds. The zero-order valence-corrected chi connectivity index (χ0v) is 12.2. The molecule has 0 saturated carbocycles. The van der Waals surface area contributed by atoms with Gasteiger partial charge in [0, 0.05) is 14.9 Å². The number of aryl methyl sites for hydroxylation is 1. The van der Waals surface area contributed by atoms with Crippen molar-refractivity contribution >= 4 is 48.9 Å². The number of benzene rings is 1. The number of thiophene rings is 1. The predicted molar refractivity (Wildman–Crippen MR) is 81.8 cm³/mol. The molecule has 0 radical (unpaired) electrons. The van der Waals surface area contributed by atoms with Crippen LogP contribution in [0.5, 0.6) is 0 Å². The van der Waals surface area contributed by atoms with E-state index in [9.17, 15) is 0 Å². The van der Waals surface area contributed by atoms with Crippen molar-refractivity contribution in [1.29, 1.82) is 0 Å². The summed E-state index contributed by atoms with van der Waals surface area (Å²) in [6.45, 7) is 1.98. The molecule has 2 nitrogen and oxygen atoms in total. The Hall–Kier alpha value is -1.39. The van der Waals surface area contributed by atoms with E-state index in [0.717, 1.165) is 21.7 Å². The number of aromatic nitrogens is 1. The summed E-state index contributed by atoms with van der Waals surface area (Å²) in [5.41, 5.74) is 2.05. The van der Waals surface area contributed by atoms with Crippen LogP contribution in [0.1, 0.15) is 5.69 Å². The van der Waals surface area contributed by atoms with E-state index in [4.69, 9.17) is 0 Å². The second-order valence-corrected chi connectivity index (χ2v) is 5.86. The number of nitrogens with one attached hydrogen (secondary N) is 1. The number of fused-ring (bicyclic) bond motifs is 1. The van der Waals surface area contributed by atoms with Crippen LogP contribution in [0, 0.1) is 6.92 Å². The molecule has 0 bridgehead atoms. The summed E-state index contributed by atoms with van der Waals surface area (Å²) in [5, 5.41) is 6.70. The second-order valence-electron chi connectivity index (χ2n) is 4.06. The molecule has 18 heavy (non-hydrogen) atoms. The van der Waals surface area contributed by atoms with E-state index in [1.807, 2.05) is 19.1 Å². The highest BCUT2D eigenvalue weighted by Crippen LogP contribution is 2.26. The Balaban J connectivity index is 1.92. The lowest BCUT2D eigenvalue weighted by Crippen LogP contribution is -1.94. The molecule has 0 aliphatic carbocycles. The molecule has 0 fully saturated rings. The molecule has 90 valence electrons. The summed E-state index contributed by atoms with van der Waals surface area (Å²) >= 11 is 5.21. The summed E-state index contributed by atoms with van der Waals surface area (Å²) in [5.74, 6) is 0.866. The number of halogens is 1. The molecule has 1 N–H and O–H groups in total. The summed E-state index contributed by atoms with van der Waals surface area (Å²) in [6.07, 6.45) is 0. The van der Waals surface area contributed by atoms with Gasteiger partial charge in [0.1, 0.15) is 5.82 Å². The van der Waals surface area contributed by atoms with Crippen LogP contribution < -0.4 is 5.32 Å². The van der Waals surface area contributed by atoms with Crippen LogP contribution in [0.15, 0.2) is 46.3 Å². The maximum atomic E-state index is 4.48. The number of anilines is 2. The highest BCUT2D eigenvalue weighted by atomic mass is 79.9. The molecular weight excluding hydrogens is 308 g/mol. The van der Waals surface area contributed by atoms with Gasteiger partial charge in [-0.05, 0) is 70.0 Å². The number of rotatable bonds is 2. The van der Waals surface area contributed by atoms with Crippen LogP contribution in [0.4, 0.5) is 11.5 Å². The molecule has 2 aromatic heterocycles. The Kier molecular flexibility index (Phi) is 3.06. The highest BCUT2D eigenvalue weighted by molar-refractivity contribution is 9.10. The molecule has 2 heterocycles. The first kappa shape index (κ1) is 11.7. The number of pyridine rings is 1. The van der Waals surface area contributed by atoms with E-state index in [1.54, 1.807) is 11.3 Å². The number of hydrogen-bond acceptors (Lipinski definition) is 3. The zero-order chi connectivity index (χ0) is 12.5. The van der Waals surface area contributed by atoms with Gasteiger partial charge in [0.15, 0.2) is 0 Å². The number of hydrogen-bond donors (Lipinski definition) is 1. The van der Waals surface area contributed by atoms with Gasteiger partial charge in [-0.3, -0.25) is 0 Å². The lowest BCUT2D eigenvalue weighted by molar-refractivity contribution is 1.18. The minimum atomic E-state index is 0.866. The molecular formula is C14H11BrN2S. The topological polar surface area (TPSA) is 24.9 Å². The maximum absolute atomic E-state index is 4.48. The second kappa shape index (κ2) is 4.71. The fourth-order valence-corrected chi connectivity index (χ4v) is 2.80. The van der Waals surface area contributed by atoms with Gasteiger partial charge in [0.05, 0.1) is 5.69 Å². The third kappa shape index (κ3) is 2.26. The van der Waals surface area contributed by atoms with E-state index in [-0.39, 0.29) is 0 Å². The molecule has 4 heteroatoms. The van der Waals surface area contributed by atoms with E-state index in [2.05, 4.69) is 55.9 Å². The van der Waals surface area contributed by atoms with Crippen molar-refractivity contribution in [3.63, 3.8) is 0 Å². The molecule has 1 aromatic carbocycles. The van der Waals surface area contributed by atoms with Crippen molar-refractivity contribution in [1.82, 2.24) is 4.98 Å². The fourth-order valence-electron chi connectivity index (χ4n) is 1.81. The third-order valence-electron chi connectivity index (χ3n) is 2.75. The largest absolute Gasteiger partial charge is 0.340 e. The molecule has 0 atom stereocenters. The fraction of sp³-hybridized carbons (Fsp3) is 0.0714. The standard InChI is InChI=1S/C14H11BrN2S/c1-9-12(15)3-5-14(16-9)17-11-2-4-13-10(8-11)6-7-18-13/h2-8H,1H3,(H,16,17). The molecule has 0 spiro atoms. The molecule has 0 aliphatic rings. The molecule has 0 saturated heterocycles. The quantitative estimate of drug-likeness (QED) is 0.710. The maximum Gasteiger partial charge on any atom is 0.130 e. The molecule has 3 aromatic rings. The Morgan fingerprint density at radius 2 is 2.06 bits per heavy atom. The van der Waals surface area contributed by atoms with Crippen molar-refractivity contribution in [3.05, 3.63) is 51.9 Å². The van der Waals surface area contributed by atoms with Gasteiger partial charge >= 0.3 is 0 Å². The van der Waals surface area contributed by atoms with Crippen LogP contribution in [0.25, 0.3) is 10.1 Å². The lowest BCUT2D eigenvalue weighted by atomic mass is 10.2. The minimum Gasteiger partial charge on any atom is -0.340 e. The minimum absolute atomic E-state index is 0.866. The first-order valence-electron chi connectivity index (χ1n) is 5.60. The van der Waals surface area contributed by atoms with Crippen molar-refractivity contribution in [3.8, 4) is 0 Å². The van der Waals surface area contributed by atoms with Gasteiger partial charge < -0.3 is 5.32 Å². The monoisotopic (exact) mass is 318 g/mol. The highest BCUT2D eigenvalue weighted by Gasteiger charge is 2.01. The van der Waals surface area contributed by atoms with Crippen molar-refractivity contribution in [2.75, 3.05) is 5.32 Å². The smallest absolute Gasteiger partial charge is 0.130 e. The van der Waals surface area contributed by atoms with Crippen LogP contribution >= 0.6 is 27.3 Å². The van der Waals surface area contributed by atoms with Gasteiger partial charge in [0.25, 0.3) is 0 Å². The van der Waals surface area contributed by atoms with Gasteiger partial charge in [-0.2, -0.15) is 0 Å². The third-order valence-corrected chi connectivity index (χ3v) is 4.48. The van der Waals surface area contributed by atoms with E-state index in [0.29, 0.717) is 0 Å². The summed E-state index contributed by atoms with van der Waals surface area (Å²) in [6, 6.07) is 12.5. The van der Waals surface area contributed by atoms with Gasteiger partial charge in [-0.25, -0.2) is 4.98 Å². The molecule has 0 unspecified atom stereocenters. The SMILES string of the molecule is Cc1nc(Nc2ccc3sccc3c2)ccc1Br. The summed E-state index contributed by atoms with van der Waals surface area (Å²) < 4.78 is 2.34. The van der Waals surface area contributed by atoms with E-state index < -0.39 is 0 Å². The van der Waals surface area contributed by atoms with Gasteiger partial charge in [0.2, 0.25) is 0 Å². The Morgan fingerprint density at radius 1 is 1.17 bits per heavy atom. The average Bonchev–Trinajstić information content (AvgIpc) is 2.81. The van der Waals surface area contributed by atoms with E-state index >= 15 is 0 Å². The predicted octanol–water partition coefficient (Wildman–Crippen LogP) is 5.11. The van der Waals surface area contributed by atoms with E-state index in [1.165, 1.54) is 10.1 Å². The summed E-state index contributed by atoms with van der Waals surface area (Å²) in [4.78, 5) is 4.48. The first-order valence-corrected chi connectivity index (χ1v) is 7.27. The Morgan fingerprint density at radius 3 is 2.89 bits per heavy atom. The Bertz CT molecular complexity index is 706. The van der Waals surface area contributed by atoms with Crippen molar-refractivity contribution in [2.24, 2.45) is 0 Å². The Labute approximate surface area is 118 Å². The van der Waals surface area contributed by atoms with Crippen molar-refractivity contribution in [2.45, 2.75) is 6.92 Å². The van der Waals surface area contributed by atoms with Crippen LogP contribution in [0.2, 0.25) is 0 Å². The molecule has 3 rings (SSSR count). The molecule has 0 aliphatic heterocycles. The summed E-state index contributed by atoms with van der Waals surface area (Å²) in [7, 11) is 0. The normalized spacial score (nSPS) is 10.8. The first-order chi connectivity index (χ1) is 8.72. The van der Waals surface area contributed by atoms with Gasteiger partial charge in [-0.1, -0.05) is 0 Å². The number of nitrogens with zero attached hydrogens (tertiary/aromatic N) is 1.